The lowest BCUT2D eigenvalue weighted by Crippen LogP contribution is -2.46. The molecule has 0 aliphatic carbocycles. The molecule has 1 atom stereocenters. The Morgan fingerprint density at radius 3 is 2.04 bits per heavy atom. The number of nitrogens with zero attached hydrogens (tertiary/aromatic N) is 1. The van der Waals surface area contributed by atoms with Crippen LogP contribution in [0.5, 0.6) is 0 Å². The van der Waals surface area contributed by atoms with Crippen LogP contribution < -0.4 is 15.5 Å². The number of hydrogen-bond donors (Lipinski definition) is 2. The Hall–Kier alpha value is -2.04. The summed E-state index contributed by atoms with van der Waals surface area (Å²) in [6, 6.07) is 7.68. The molecule has 2 N–H and O–H groups in total. The zero-order chi connectivity index (χ0) is 17.6. The fourth-order valence-electron chi connectivity index (χ4n) is 2.56. The highest BCUT2D eigenvalue weighted by atomic mass is 16.2. The van der Waals surface area contributed by atoms with Crippen molar-refractivity contribution in [2.75, 3.05) is 16.8 Å². The van der Waals surface area contributed by atoms with E-state index < -0.39 is 6.04 Å². The molecule has 0 saturated carbocycles. The van der Waals surface area contributed by atoms with E-state index in [0.29, 0.717) is 6.04 Å². The van der Waals surface area contributed by atoms with Crippen molar-refractivity contribution in [1.29, 1.82) is 0 Å². The smallest absolute Gasteiger partial charge is 0.247 e. The third-order valence-electron chi connectivity index (χ3n) is 3.74. The van der Waals surface area contributed by atoms with Crippen LogP contribution in [-0.2, 0) is 9.59 Å². The molecule has 1 aromatic rings. The average Bonchev–Trinajstić information content (AvgIpc) is 2.46. The standard InChI is InChI=1S/C18H29N3O2/c1-7-21(13(4)5)16-10-8-15(9-11-16)20-18(23)17(12(2)3)19-14(6)22/h8-13,17H,7H2,1-6H3,(H,19,22)(H,20,23). The molecule has 1 rings (SSSR count). The second-order valence-electron chi connectivity index (χ2n) is 6.34. The first-order valence-corrected chi connectivity index (χ1v) is 8.20. The van der Waals surface area contributed by atoms with Crippen LogP contribution >= 0.6 is 0 Å². The van der Waals surface area contributed by atoms with E-state index in [4.69, 9.17) is 0 Å². The van der Waals surface area contributed by atoms with Gasteiger partial charge >= 0.3 is 0 Å². The quantitative estimate of drug-likeness (QED) is 0.812. The summed E-state index contributed by atoms with van der Waals surface area (Å²) in [5.74, 6) is -0.376. The maximum Gasteiger partial charge on any atom is 0.247 e. The van der Waals surface area contributed by atoms with Gasteiger partial charge in [-0.05, 0) is 51.0 Å². The molecule has 0 fully saturated rings. The Labute approximate surface area is 139 Å². The maximum atomic E-state index is 12.3. The summed E-state index contributed by atoms with van der Waals surface area (Å²) in [5.41, 5.74) is 1.86. The third kappa shape index (κ3) is 5.58. The molecule has 0 radical (unpaired) electrons. The molecular formula is C18H29N3O2. The highest BCUT2D eigenvalue weighted by Crippen LogP contribution is 2.20. The van der Waals surface area contributed by atoms with Crippen LogP contribution in [0.25, 0.3) is 0 Å². The third-order valence-corrected chi connectivity index (χ3v) is 3.74. The van der Waals surface area contributed by atoms with Gasteiger partial charge in [-0.1, -0.05) is 13.8 Å². The van der Waals surface area contributed by atoms with Gasteiger partial charge in [0, 0.05) is 30.9 Å². The first kappa shape index (κ1) is 19.0. The molecule has 128 valence electrons. The van der Waals surface area contributed by atoms with Gasteiger partial charge in [-0.25, -0.2) is 0 Å². The summed E-state index contributed by atoms with van der Waals surface area (Å²) in [4.78, 5) is 25.8. The highest BCUT2D eigenvalue weighted by molar-refractivity contribution is 5.97. The molecule has 0 aliphatic heterocycles. The van der Waals surface area contributed by atoms with Crippen molar-refractivity contribution in [3.63, 3.8) is 0 Å². The zero-order valence-electron chi connectivity index (χ0n) is 15.0. The van der Waals surface area contributed by atoms with E-state index in [-0.39, 0.29) is 17.7 Å². The molecule has 0 bridgehead atoms. The van der Waals surface area contributed by atoms with Crippen molar-refractivity contribution in [2.24, 2.45) is 5.92 Å². The molecule has 1 aromatic carbocycles. The van der Waals surface area contributed by atoms with E-state index >= 15 is 0 Å². The van der Waals surface area contributed by atoms with Crippen LogP contribution in [0.15, 0.2) is 24.3 Å². The summed E-state index contributed by atoms with van der Waals surface area (Å²) < 4.78 is 0. The molecule has 0 aliphatic rings. The summed E-state index contributed by atoms with van der Waals surface area (Å²) in [6.07, 6.45) is 0. The first-order chi connectivity index (χ1) is 10.8. The van der Waals surface area contributed by atoms with Crippen molar-refractivity contribution in [1.82, 2.24) is 5.32 Å². The number of carbonyl (C=O) groups is 2. The van der Waals surface area contributed by atoms with E-state index in [0.717, 1.165) is 17.9 Å². The van der Waals surface area contributed by atoms with Crippen molar-refractivity contribution in [2.45, 2.75) is 53.6 Å². The SMILES string of the molecule is CCN(c1ccc(NC(=O)C(NC(C)=O)C(C)C)cc1)C(C)C. The first-order valence-electron chi connectivity index (χ1n) is 8.20. The van der Waals surface area contributed by atoms with Gasteiger partial charge in [0.05, 0.1) is 0 Å². The van der Waals surface area contributed by atoms with Crippen LogP contribution in [0.4, 0.5) is 11.4 Å². The Morgan fingerprint density at radius 2 is 1.65 bits per heavy atom. The van der Waals surface area contributed by atoms with Crippen LogP contribution in [0.3, 0.4) is 0 Å². The predicted octanol–water partition coefficient (Wildman–Crippen LogP) is 3.02. The lowest BCUT2D eigenvalue weighted by molar-refractivity contribution is -0.126. The van der Waals surface area contributed by atoms with Crippen LogP contribution in [0.2, 0.25) is 0 Å². The van der Waals surface area contributed by atoms with Gasteiger partial charge in [0.25, 0.3) is 0 Å². The van der Waals surface area contributed by atoms with E-state index in [1.165, 1.54) is 6.92 Å². The summed E-state index contributed by atoms with van der Waals surface area (Å²) in [7, 11) is 0. The number of amides is 2. The number of carbonyl (C=O) groups excluding carboxylic acids is 2. The van der Waals surface area contributed by atoms with E-state index in [9.17, 15) is 9.59 Å². The summed E-state index contributed by atoms with van der Waals surface area (Å²) >= 11 is 0. The molecule has 1 unspecified atom stereocenters. The highest BCUT2D eigenvalue weighted by Gasteiger charge is 2.23. The molecule has 0 aromatic heterocycles. The Morgan fingerprint density at radius 1 is 1.09 bits per heavy atom. The van der Waals surface area contributed by atoms with Crippen molar-refractivity contribution >= 4 is 23.2 Å². The molecule has 2 amide bonds. The van der Waals surface area contributed by atoms with E-state index in [2.05, 4.69) is 36.3 Å². The second-order valence-corrected chi connectivity index (χ2v) is 6.34. The fourth-order valence-corrected chi connectivity index (χ4v) is 2.56. The number of benzene rings is 1. The lowest BCUT2D eigenvalue weighted by atomic mass is 10.0. The van der Waals surface area contributed by atoms with Gasteiger partial charge in [-0.2, -0.15) is 0 Å². The van der Waals surface area contributed by atoms with Gasteiger partial charge in [0.1, 0.15) is 6.04 Å². The molecule has 0 spiro atoms. The van der Waals surface area contributed by atoms with Gasteiger partial charge in [0.2, 0.25) is 11.8 Å². The topological polar surface area (TPSA) is 61.4 Å². The van der Waals surface area contributed by atoms with Gasteiger partial charge < -0.3 is 15.5 Å². The lowest BCUT2D eigenvalue weighted by Gasteiger charge is -2.27. The summed E-state index contributed by atoms with van der Waals surface area (Å²) in [5, 5.41) is 5.56. The number of rotatable bonds is 7. The fraction of sp³-hybridized carbons (Fsp3) is 0.556. The maximum absolute atomic E-state index is 12.3. The van der Waals surface area contributed by atoms with E-state index in [1.807, 2.05) is 38.1 Å². The second kappa shape index (κ2) is 8.56. The molecule has 5 heteroatoms. The minimum atomic E-state index is -0.532. The van der Waals surface area contributed by atoms with Crippen LogP contribution in [0, 0.1) is 5.92 Å². The molecule has 23 heavy (non-hydrogen) atoms. The molecular weight excluding hydrogens is 290 g/mol. The minimum absolute atomic E-state index is 0.0229. The number of anilines is 2. The zero-order valence-corrected chi connectivity index (χ0v) is 15.0. The van der Waals surface area contributed by atoms with Gasteiger partial charge in [-0.3, -0.25) is 9.59 Å². The predicted molar refractivity (Wildman–Crippen MR) is 95.7 cm³/mol. The van der Waals surface area contributed by atoms with Gasteiger partial charge in [0.15, 0.2) is 0 Å². The van der Waals surface area contributed by atoms with E-state index in [1.54, 1.807) is 0 Å². The van der Waals surface area contributed by atoms with Crippen molar-refractivity contribution in [3.05, 3.63) is 24.3 Å². The normalized spacial score (nSPS) is 12.2. The number of nitrogens with one attached hydrogen (secondary N) is 2. The Bertz CT molecular complexity index is 524. The largest absolute Gasteiger partial charge is 0.369 e. The molecule has 0 saturated heterocycles. The molecule has 0 heterocycles. The minimum Gasteiger partial charge on any atom is -0.369 e. The average molecular weight is 319 g/mol. The van der Waals surface area contributed by atoms with Crippen LogP contribution in [-0.4, -0.2) is 30.4 Å². The Balaban J connectivity index is 2.80. The number of hydrogen-bond acceptors (Lipinski definition) is 3. The Kier molecular flexibility index (Phi) is 7.07. The van der Waals surface area contributed by atoms with Crippen LogP contribution in [0.1, 0.15) is 41.5 Å². The monoisotopic (exact) mass is 319 g/mol. The van der Waals surface area contributed by atoms with Crippen molar-refractivity contribution in [3.8, 4) is 0 Å². The van der Waals surface area contributed by atoms with Gasteiger partial charge in [-0.15, -0.1) is 0 Å². The summed E-state index contributed by atoms with van der Waals surface area (Å²) in [6.45, 7) is 12.6. The molecule has 5 nitrogen and oxygen atoms in total. The van der Waals surface area contributed by atoms with Crippen molar-refractivity contribution < 1.29 is 9.59 Å².